The molecule has 0 unspecified atom stereocenters. The predicted octanol–water partition coefficient (Wildman–Crippen LogP) is -0.439. The second-order valence-corrected chi connectivity index (χ2v) is 3.39. The van der Waals surface area contributed by atoms with E-state index in [1.54, 1.807) is 10.9 Å². The van der Waals surface area contributed by atoms with Gasteiger partial charge in [-0.15, -0.1) is 5.10 Å². The van der Waals surface area contributed by atoms with E-state index in [0.29, 0.717) is 13.1 Å². The van der Waals surface area contributed by atoms with Crippen molar-refractivity contribution < 1.29 is 0 Å². The number of nitrogens with two attached hydrogens (primary N) is 1. The van der Waals surface area contributed by atoms with E-state index in [-0.39, 0.29) is 0 Å². The maximum atomic E-state index is 5.50. The lowest BCUT2D eigenvalue weighted by atomic mass is 10.4. The third-order valence-corrected chi connectivity index (χ3v) is 2.15. The predicted molar refractivity (Wildman–Crippen MR) is 55.1 cm³/mol. The lowest BCUT2D eigenvalue weighted by molar-refractivity contribution is 0.692. The summed E-state index contributed by atoms with van der Waals surface area (Å²) < 4.78 is 3.73. The molecule has 0 atom stereocenters. The van der Waals surface area contributed by atoms with E-state index in [2.05, 4.69) is 15.3 Å². The van der Waals surface area contributed by atoms with Crippen molar-refractivity contribution in [3.8, 4) is 0 Å². The van der Waals surface area contributed by atoms with E-state index in [0.717, 1.165) is 17.9 Å². The van der Waals surface area contributed by atoms with E-state index in [4.69, 9.17) is 5.73 Å². The zero-order chi connectivity index (χ0) is 10.7. The van der Waals surface area contributed by atoms with Crippen LogP contribution in [0.5, 0.6) is 0 Å². The molecule has 2 aromatic heterocycles. The van der Waals surface area contributed by atoms with Gasteiger partial charge >= 0.3 is 0 Å². The van der Waals surface area contributed by atoms with Crippen LogP contribution in [0, 0.1) is 0 Å². The molecule has 0 radical (unpaired) electrons. The molecule has 2 heterocycles. The van der Waals surface area contributed by atoms with Crippen molar-refractivity contribution in [2.75, 3.05) is 6.54 Å². The number of nitrogens with zero attached hydrogens (tertiary/aromatic N) is 5. The second-order valence-electron chi connectivity index (χ2n) is 3.39. The summed E-state index contributed by atoms with van der Waals surface area (Å²) >= 11 is 0. The Hall–Kier alpha value is -1.69. The summed E-state index contributed by atoms with van der Waals surface area (Å²) in [5.41, 5.74) is 6.43. The Bertz CT molecular complexity index is 429. The van der Waals surface area contributed by atoms with Gasteiger partial charge in [0, 0.05) is 32.1 Å². The molecule has 2 rings (SSSR count). The van der Waals surface area contributed by atoms with Crippen molar-refractivity contribution in [2.45, 2.75) is 13.0 Å². The van der Waals surface area contributed by atoms with Crippen LogP contribution in [0.2, 0.25) is 0 Å². The largest absolute Gasteiger partial charge is 0.330 e. The molecule has 15 heavy (non-hydrogen) atoms. The molecule has 0 spiro atoms. The lowest BCUT2D eigenvalue weighted by Crippen LogP contribution is -2.10. The molecule has 80 valence electrons. The zero-order valence-electron chi connectivity index (χ0n) is 8.67. The standard InChI is InChI=1S/C9H14N6/c1-14-6-8(12-13-14)7-15-5-4-11-9(15)2-3-10/h4-6H,2-3,7,10H2,1H3. The minimum Gasteiger partial charge on any atom is -0.330 e. The Morgan fingerprint density at radius 2 is 2.33 bits per heavy atom. The van der Waals surface area contributed by atoms with Crippen LogP contribution in [-0.2, 0) is 20.0 Å². The van der Waals surface area contributed by atoms with Crippen molar-refractivity contribution in [1.82, 2.24) is 24.5 Å². The number of aromatic nitrogens is 5. The third kappa shape index (κ3) is 2.21. The van der Waals surface area contributed by atoms with Gasteiger partial charge in [-0.2, -0.15) is 0 Å². The first-order valence-electron chi connectivity index (χ1n) is 4.85. The highest BCUT2D eigenvalue weighted by atomic mass is 15.4. The Labute approximate surface area is 87.7 Å². The molecule has 0 saturated carbocycles. The maximum Gasteiger partial charge on any atom is 0.110 e. The topological polar surface area (TPSA) is 74.5 Å². The van der Waals surface area contributed by atoms with Crippen molar-refractivity contribution in [3.05, 3.63) is 30.1 Å². The molecule has 6 nitrogen and oxygen atoms in total. The number of hydrogen-bond acceptors (Lipinski definition) is 4. The Morgan fingerprint density at radius 3 is 3.00 bits per heavy atom. The van der Waals surface area contributed by atoms with E-state index in [1.165, 1.54) is 0 Å². The molecule has 0 aliphatic heterocycles. The summed E-state index contributed by atoms with van der Waals surface area (Å²) in [5, 5.41) is 7.91. The van der Waals surface area contributed by atoms with Gasteiger partial charge in [0.05, 0.1) is 6.54 Å². The van der Waals surface area contributed by atoms with Crippen LogP contribution in [-0.4, -0.2) is 31.1 Å². The molecular weight excluding hydrogens is 192 g/mol. The smallest absolute Gasteiger partial charge is 0.110 e. The Kier molecular flexibility index (Phi) is 2.77. The minimum atomic E-state index is 0.609. The van der Waals surface area contributed by atoms with Crippen LogP contribution in [0.4, 0.5) is 0 Å². The first-order chi connectivity index (χ1) is 7.29. The van der Waals surface area contributed by atoms with Gasteiger partial charge in [-0.25, -0.2) is 4.98 Å². The number of aryl methyl sites for hydroxylation is 1. The molecule has 0 aromatic carbocycles. The SMILES string of the molecule is Cn1cc(Cn2ccnc2CCN)nn1. The second kappa shape index (κ2) is 4.22. The molecule has 2 N–H and O–H groups in total. The van der Waals surface area contributed by atoms with Crippen LogP contribution in [0.1, 0.15) is 11.5 Å². The Morgan fingerprint density at radius 1 is 1.47 bits per heavy atom. The van der Waals surface area contributed by atoms with E-state index in [9.17, 15) is 0 Å². The van der Waals surface area contributed by atoms with Crippen LogP contribution < -0.4 is 5.73 Å². The lowest BCUT2D eigenvalue weighted by Gasteiger charge is -2.03. The monoisotopic (exact) mass is 206 g/mol. The highest BCUT2D eigenvalue weighted by Gasteiger charge is 2.04. The van der Waals surface area contributed by atoms with Crippen molar-refractivity contribution >= 4 is 0 Å². The first kappa shape index (κ1) is 9.85. The Balaban J connectivity index is 2.13. The fourth-order valence-electron chi connectivity index (χ4n) is 1.48. The summed E-state index contributed by atoms with van der Waals surface area (Å²) in [5.74, 6) is 0.989. The minimum absolute atomic E-state index is 0.609. The molecule has 0 aliphatic rings. The van der Waals surface area contributed by atoms with Crippen LogP contribution in [0.15, 0.2) is 18.6 Å². The fraction of sp³-hybridized carbons (Fsp3) is 0.444. The number of rotatable bonds is 4. The molecule has 6 heteroatoms. The normalized spacial score (nSPS) is 10.8. The van der Waals surface area contributed by atoms with Gasteiger partial charge in [-0.05, 0) is 6.54 Å². The van der Waals surface area contributed by atoms with Gasteiger partial charge < -0.3 is 10.3 Å². The van der Waals surface area contributed by atoms with Crippen molar-refractivity contribution in [3.63, 3.8) is 0 Å². The third-order valence-electron chi connectivity index (χ3n) is 2.15. The molecule has 0 amide bonds. The van der Waals surface area contributed by atoms with Crippen LogP contribution >= 0.6 is 0 Å². The van der Waals surface area contributed by atoms with Gasteiger partial charge in [-0.3, -0.25) is 4.68 Å². The summed E-state index contributed by atoms with van der Waals surface area (Å²) in [4.78, 5) is 4.24. The average molecular weight is 206 g/mol. The van der Waals surface area contributed by atoms with Gasteiger partial charge in [0.25, 0.3) is 0 Å². The molecule has 0 aliphatic carbocycles. The highest BCUT2D eigenvalue weighted by Crippen LogP contribution is 2.02. The quantitative estimate of drug-likeness (QED) is 0.736. The fourth-order valence-corrected chi connectivity index (χ4v) is 1.48. The zero-order valence-corrected chi connectivity index (χ0v) is 8.67. The van der Waals surface area contributed by atoms with Crippen LogP contribution in [0.25, 0.3) is 0 Å². The molecule has 0 bridgehead atoms. The van der Waals surface area contributed by atoms with Crippen molar-refractivity contribution in [1.29, 1.82) is 0 Å². The number of hydrogen-bond donors (Lipinski definition) is 1. The van der Waals surface area contributed by atoms with Gasteiger partial charge in [0.1, 0.15) is 11.5 Å². The summed E-state index contributed by atoms with van der Waals surface area (Å²) in [6.07, 6.45) is 6.39. The van der Waals surface area contributed by atoms with Gasteiger partial charge in [0.2, 0.25) is 0 Å². The van der Waals surface area contributed by atoms with Crippen LogP contribution in [0.3, 0.4) is 0 Å². The van der Waals surface area contributed by atoms with Crippen molar-refractivity contribution in [2.24, 2.45) is 12.8 Å². The summed E-state index contributed by atoms with van der Waals surface area (Å²) in [6, 6.07) is 0. The van der Waals surface area contributed by atoms with Gasteiger partial charge in [0.15, 0.2) is 0 Å². The maximum absolute atomic E-state index is 5.50. The summed E-state index contributed by atoms with van der Waals surface area (Å²) in [6.45, 7) is 1.31. The highest BCUT2D eigenvalue weighted by molar-refractivity contribution is 5.00. The molecule has 0 saturated heterocycles. The van der Waals surface area contributed by atoms with E-state index >= 15 is 0 Å². The molecule has 2 aromatic rings. The van der Waals surface area contributed by atoms with E-state index < -0.39 is 0 Å². The van der Waals surface area contributed by atoms with Gasteiger partial charge in [-0.1, -0.05) is 5.21 Å². The molecule has 0 fully saturated rings. The number of imidazole rings is 1. The van der Waals surface area contributed by atoms with E-state index in [1.807, 2.05) is 24.0 Å². The summed E-state index contributed by atoms with van der Waals surface area (Å²) in [7, 11) is 1.85. The average Bonchev–Trinajstić information content (AvgIpc) is 2.78. The first-order valence-corrected chi connectivity index (χ1v) is 4.85. The molecular formula is C9H14N6.